The van der Waals surface area contributed by atoms with Gasteiger partial charge in [-0.2, -0.15) is 4.72 Å². The van der Waals surface area contributed by atoms with E-state index in [4.69, 9.17) is 4.74 Å². The third-order valence-corrected chi connectivity index (χ3v) is 6.10. The highest BCUT2D eigenvalue weighted by molar-refractivity contribution is 7.89. The summed E-state index contributed by atoms with van der Waals surface area (Å²) in [5, 5.41) is 2.98. The summed E-state index contributed by atoms with van der Waals surface area (Å²) in [6.45, 7) is 3.37. The molecule has 1 aromatic rings. The number of aryl methyl sites for hydroxylation is 1. The highest BCUT2D eigenvalue weighted by atomic mass is 32.2. The van der Waals surface area contributed by atoms with E-state index in [9.17, 15) is 13.2 Å². The minimum absolute atomic E-state index is 0.0455. The van der Waals surface area contributed by atoms with E-state index in [1.807, 2.05) is 0 Å². The molecule has 140 valence electrons. The van der Waals surface area contributed by atoms with Crippen LogP contribution in [0.3, 0.4) is 0 Å². The topological polar surface area (TPSA) is 84.5 Å². The number of hydrogen-bond donors (Lipinski definition) is 2. The normalized spacial score (nSPS) is 17.6. The first kappa shape index (κ1) is 19.7. The zero-order valence-electron chi connectivity index (χ0n) is 15.2. The van der Waals surface area contributed by atoms with Crippen molar-refractivity contribution in [2.75, 3.05) is 7.11 Å². The Labute approximate surface area is 150 Å². The smallest absolute Gasteiger partial charge is 0.244 e. The van der Waals surface area contributed by atoms with Gasteiger partial charge in [-0.3, -0.25) is 4.79 Å². The summed E-state index contributed by atoms with van der Waals surface area (Å²) in [7, 11) is -2.43. The van der Waals surface area contributed by atoms with Gasteiger partial charge in [0.2, 0.25) is 15.9 Å². The molecule has 6 nitrogen and oxygen atoms in total. The molecule has 0 aromatic heterocycles. The second-order valence-corrected chi connectivity index (χ2v) is 8.38. The molecule has 1 aliphatic carbocycles. The van der Waals surface area contributed by atoms with E-state index in [0.29, 0.717) is 0 Å². The third kappa shape index (κ3) is 5.44. The molecule has 1 aromatic carbocycles. The van der Waals surface area contributed by atoms with Crippen LogP contribution in [0, 0.1) is 6.92 Å². The van der Waals surface area contributed by atoms with E-state index in [1.165, 1.54) is 26.0 Å². The van der Waals surface area contributed by atoms with Crippen molar-refractivity contribution in [2.45, 2.75) is 69.4 Å². The minimum atomic E-state index is -3.85. The van der Waals surface area contributed by atoms with Gasteiger partial charge in [-0.1, -0.05) is 31.7 Å². The number of amides is 1. The van der Waals surface area contributed by atoms with Gasteiger partial charge in [0.15, 0.2) is 0 Å². The molecule has 0 bridgehead atoms. The molecule has 1 saturated carbocycles. The van der Waals surface area contributed by atoms with Crippen molar-refractivity contribution in [2.24, 2.45) is 0 Å². The third-order valence-electron chi connectivity index (χ3n) is 4.54. The molecule has 1 fully saturated rings. The Morgan fingerprint density at radius 1 is 1.20 bits per heavy atom. The maximum atomic E-state index is 12.7. The van der Waals surface area contributed by atoms with Crippen LogP contribution in [0.25, 0.3) is 0 Å². The van der Waals surface area contributed by atoms with Crippen molar-refractivity contribution in [1.82, 2.24) is 10.0 Å². The van der Waals surface area contributed by atoms with Crippen molar-refractivity contribution in [3.63, 3.8) is 0 Å². The summed E-state index contributed by atoms with van der Waals surface area (Å²) >= 11 is 0. The molecule has 0 radical (unpaired) electrons. The molecule has 1 amide bonds. The summed E-state index contributed by atoms with van der Waals surface area (Å²) in [6, 6.07) is 4.21. The van der Waals surface area contributed by atoms with Crippen LogP contribution in [-0.2, 0) is 14.8 Å². The molecule has 2 N–H and O–H groups in total. The lowest BCUT2D eigenvalue weighted by molar-refractivity contribution is -0.123. The SMILES string of the molecule is COc1ccc(C)cc1S(=O)(=O)NC(C)C(=O)NC1CCCCCC1. The molecule has 0 aliphatic heterocycles. The van der Waals surface area contributed by atoms with Crippen molar-refractivity contribution < 1.29 is 17.9 Å². The van der Waals surface area contributed by atoms with Crippen molar-refractivity contribution in [1.29, 1.82) is 0 Å². The van der Waals surface area contributed by atoms with Gasteiger partial charge in [0.25, 0.3) is 0 Å². The second kappa shape index (κ2) is 8.67. The van der Waals surface area contributed by atoms with Crippen LogP contribution in [0.15, 0.2) is 23.1 Å². The molecule has 0 heterocycles. The van der Waals surface area contributed by atoms with Gasteiger partial charge < -0.3 is 10.1 Å². The van der Waals surface area contributed by atoms with E-state index in [-0.39, 0.29) is 22.6 Å². The number of hydrogen-bond acceptors (Lipinski definition) is 4. The lowest BCUT2D eigenvalue weighted by atomic mass is 10.1. The fourth-order valence-electron chi connectivity index (χ4n) is 3.09. The van der Waals surface area contributed by atoms with Crippen LogP contribution in [0.5, 0.6) is 5.75 Å². The highest BCUT2D eigenvalue weighted by Gasteiger charge is 2.26. The summed E-state index contributed by atoms with van der Waals surface area (Å²) < 4.78 is 32.9. The van der Waals surface area contributed by atoms with Crippen LogP contribution >= 0.6 is 0 Å². The number of sulfonamides is 1. The predicted octanol–water partition coefficient (Wildman–Crippen LogP) is 2.51. The Bertz CT molecular complexity index is 695. The largest absolute Gasteiger partial charge is 0.495 e. The van der Waals surface area contributed by atoms with Gasteiger partial charge in [-0.05, 0) is 44.4 Å². The zero-order chi connectivity index (χ0) is 18.4. The summed E-state index contributed by atoms with van der Waals surface area (Å²) in [4.78, 5) is 12.4. The number of carbonyl (C=O) groups is 1. The van der Waals surface area contributed by atoms with E-state index in [2.05, 4.69) is 10.0 Å². The lowest BCUT2D eigenvalue weighted by Gasteiger charge is -2.20. The van der Waals surface area contributed by atoms with Gasteiger partial charge in [-0.25, -0.2) is 8.42 Å². The monoisotopic (exact) mass is 368 g/mol. The van der Waals surface area contributed by atoms with Crippen LogP contribution < -0.4 is 14.8 Å². The lowest BCUT2D eigenvalue weighted by Crippen LogP contribution is -2.48. The first-order chi connectivity index (χ1) is 11.8. The summed E-state index contributed by atoms with van der Waals surface area (Å²) in [6.07, 6.45) is 6.51. The number of nitrogens with one attached hydrogen (secondary N) is 2. The van der Waals surface area contributed by atoms with E-state index < -0.39 is 16.1 Å². The first-order valence-corrected chi connectivity index (χ1v) is 10.3. The molecule has 0 spiro atoms. The molecule has 1 atom stereocenters. The van der Waals surface area contributed by atoms with E-state index in [1.54, 1.807) is 26.0 Å². The molecule has 0 saturated heterocycles. The van der Waals surface area contributed by atoms with Crippen molar-refractivity contribution in [3.8, 4) is 5.75 Å². The standard InChI is InChI=1S/C18H28N2O4S/c1-13-10-11-16(24-3)17(12-13)25(22,23)20-14(2)18(21)19-15-8-6-4-5-7-9-15/h10-12,14-15,20H,4-9H2,1-3H3,(H,19,21). The molecule has 1 unspecified atom stereocenters. The summed E-state index contributed by atoms with van der Waals surface area (Å²) in [5.41, 5.74) is 0.803. The molecule has 2 rings (SSSR count). The number of methoxy groups -OCH3 is 1. The van der Waals surface area contributed by atoms with E-state index in [0.717, 1.165) is 31.2 Å². The minimum Gasteiger partial charge on any atom is -0.495 e. The number of rotatable bonds is 6. The Morgan fingerprint density at radius 2 is 1.84 bits per heavy atom. The number of benzene rings is 1. The van der Waals surface area contributed by atoms with Crippen molar-refractivity contribution >= 4 is 15.9 Å². The van der Waals surface area contributed by atoms with Crippen LogP contribution in [0.4, 0.5) is 0 Å². The fraction of sp³-hybridized carbons (Fsp3) is 0.611. The van der Waals surface area contributed by atoms with Crippen molar-refractivity contribution in [3.05, 3.63) is 23.8 Å². The van der Waals surface area contributed by atoms with Gasteiger partial charge in [0.05, 0.1) is 13.2 Å². The Balaban J connectivity index is 2.06. The maximum Gasteiger partial charge on any atom is 0.244 e. The Morgan fingerprint density at radius 3 is 2.44 bits per heavy atom. The van der Waals surface area contributed by atoms with E-state index >= 15 is 0 Å². The zero-order valence-corrected chi connectivity index (χ0v) is 16.0. The molecular weight excluding hydrogens is 340 g/mol. The highest BCUT2D eigenvalue weighted by Crippen LogP contribution is 2.24. The molecule has 7 heteroatoms. The first-order valence-electron chi connectivity index (χ1n) is 8.81. The number of ether oxygens (including phenoxy) is 1. The van der Waals surface area contributed by atoms with Gasteiger partial charge in [0.1, 0.15) is 10.6 Å². The second-order valence-electron chi connectivity index (χ2n) is 6.69. The average molecular weight is 368 g/mol. The van der Waals surface area contributed by atoms with Crippen LogP contribution in [0.1, 0.15) is 51.0 Å². The molecular formula is C18H28N2O4S. The van der Waals surface area contributed by atoms with Gasteiger partial charge in [-0.15, -0.1) is 0 Å². The van der Waals surface area contributed by atoms with Crippen LogP contribution in [-0.4, -0.2) is 33.5 Å². The Hall–Kier alpha value is -1.60. The quantitative estimate of drug-likeness (QED) is 0.756. The van der Waals surface area contributed by atoms with Gasteiger partial charge in [0, 0.05) is 6.04 Å². The maximum absolute atomic E-state index is 12.7. The van der Waals surface area contributed by atoms with Crippen LogP contribution in [0.2, 0.25) is 0 Å². The van der Waals surface area contributed by atoms with Gasteiger partial charge >= 0.3 is 0 Å². The predicted molar refractivity (Wildman–Crippen MR) is 97.1 cm³/mol. The average Bonchev–Trinajstić information content (AvgIpc) is 2.83. The number of carbonyl (C=O) groups excluding carboxylic acids is 1. The fourth-order valence-corrected chi connectivity index (χ4v) is 4.55. The molecule has 25 heavy (non-hydrogen) atoms. The molecule has 1 aliphatic rings. The Kier molecular flexibility index (Phi) is 6.84. The summed E-state index contributed by atoms with van der Waals surface area (Å²) in [5.74, 6) is -0.0310.